The van der Waals surface area contributed by atoms with E-state index in [0.29, 0.717) is 12.5 Å². The van der Waals surface area contributed by atoms with Crippen LogP contribution in [-0.2, 0) is 9.47 Å². The molecule has 0 aliphatic carbocycles. The van der Waals surface area contributed by atoms with Crippen LogP contribution >= 0.6 is 0 Å². The van der Waals surface area contributed by atoms with E-state index in [4.69, 9.17) is 9.47 Å². The molecule has 0 saturated heterocycles. The summed E-state index contributed by atoms with van der Waals surface area (Å²) >= 11 is 0. The molecule has 0 aliphatic rings. The van der Waals surface area contributed by atoms with Crippen LogP contribution in [0.3, 0.4) is 0 Å². The third kappa shape index (κ3) is 3.73. The summed E-state index contributed by atoms with van der Waals surface area (Å²) in [5.41, 5.74) is 0. The van der Waals surface area contributed by atoms with Gasteiger partial charge in [0.15, 0.2) is 0 Å². The first-order chi connectivity index (χ1) is 5.29. The van der Waals surface area contributed by atoms with Crippen molar-refractivity contribution in [1.82, 2.24) is 0 Å². The predicted molar refractivity (Wildman–Crippen MR) is 46.7 cm³/mol. The summed E-state index contributed by atoms with van der Waals surface area (Å²) in [6.07, 6.45) is 2.60. The SMILES string of the molecule is CCC(CC)C(COC)OC. The molecule has 0 spiro atoms. The lowest BCUT2D eigenvalue weighted by Gasteiger charge is -2.22. The van der Waals surface area contributed by atoms with Crippen molar-refractivity contribution >= 4 is 0 Å². The fraction of sp³-hybridized carbons (Fsp3) is 1.00. The zero-order valence-electron chi connectivity index (χ0n) is 8.09. The van der Waals surface area contributed by atoms with Gasteiger partial charge in [-0.15, -0.1) is 0 Å². The second-order valence-electron chi connectivity index (χ2n) is 2.81. The van der Waals surface area contributed by atoms with Gasteiger partial charge in [-0.3, -0.25) is 0 Å². The third-order valence-corrected chi connectivity index (χ3v) is 2.21. The smallest absolute Gasteiger partial charge is 0.0832 e. The van der Waals surface area contributed by atoms with Gasteiger partial charge >= 0.3 is 0 Å². The predicted octanol–water partition coefficient (Wildman–Crippen LogP) is 2.08. The van der Waals surface area contributed by atoms with Crippen molar-refractivity contribution in [1.29, 1.82) is 0 Å². The molecule has 0 N–H and O–H groups in total. The molecule has 1 atom stereocenters. The number of hydrogen-bond donors (Lipinski definition) is 0. The molecule has 11 heavy (non-hydrogen) atoms. The summed E-state index contributed by atoms with van der Waals surface area (Å²) in [5, 5.41) is 0. The standard InChI is InChI=1S/C9H20O2/c1-5-8(6-2)9(11-4)7-10-3/h8-9H,5-7H2,1-4H3. The van der Waals surface area contributed by atoms with Crippen molar-refractivity contribution in [2.24, 2.45) is 5.92 Å². The van der Waals surface area contributed by atoms with Crippen LogP contribution in [0.2, 0.25) is 0 Å². The van der Waals surface area contributed by atoms with Gasteiger partial charge in [-0.1, -0.05) is 26.7 Å². The minimum absolute atomic E-state index is 0.273. The van der Waals surface area contributed by atoms with Gasteiger partial charge < -0.3 is 9.47 Å². The first-order valence-electron chi connectivity index (χ1n) is 4.31. The molecule has 0 radical (unpaired) electrons. The van der Waals surface area contributed by atoms with Crippen molar-refractivity contribution in [2.45, 2.75) is 32.8 Å². The van der Waals surface area contributed by atoms with Crippen LogP contribution < -0.4 is 0 Å². The minimum atomic E-state index is 0.273. The van der Waals surface area contributed by atoms with Gasteiger partial charge in [0.1, 0.15) is 0 Å². The number of hydrogen-bond acceptors (Lipinski definition) is 2. The Labute approximate surface area is 69.9 Å². The molecule has 0 bridgehead atoms. The van der Waals surface area contributed by atoms with E-state index < -0.39 is 0 Å². The van der Waals surface area contributed by atoms with Gasteiger partial charge in [0.2, 0.25) is 0 Å². The minimum Gasteiger partial charge on any atom is -0.382 e. The molecule has 68 valence electrons. The van der Waals surface area contributed by atoms with Crippen molar-refractivity contribution in [3.05, 3.63) is 0 Å². The van der Waals surface area contributed by atoms with Crippen LogP contribution in [0.25, 0.3) is 0 Å². The molecule has 0 rings (SSSR count). The number of rotatable bonds is 6. The van der Waals surface area contributed by atoms with Crippen LogP contribution in [0, 0.1) is 5.92 Å². The molecule has 0 saturated carbocycles. The maximum Gasteiger partial charge on any atom is 0.0832 e. The Hall–Kier alpha value is -0.0800. The molecule has 0 heterocycles. The van der Waals surface area contributed by atoms with E-state index in [1.54, 1.807) is 14.2 Å². The Morgan fingerprint density at radius 1 is 1.09 bits per heavy atom. The second-order valence-corrected chi connectivity index (χ2v) is 2.81. The maximum atomic E-state index is 5.31. The fourth-order valence-electron chi connectivity index (χ4n) is 1.38. The average molecular weight is 160 g/mol. The highest BCUT2D eigenvalue weighted by atomic mass is 16.5. The fourth-order valence-corrected chi connectivity index (χ4v) is 1.38. The van der Waals surface area contributed by atoms with Crippen LogP contribution in [0.15, 0.2) is 0 Å². The molecule has 0 fully saturated rings. The number of ether oxygens (including phenoxy) is 2. The van der Waals surface area contributed by atoms with Crippen molar-refractivity contribution in [3.63, 3.8) is 0 Å². The maximum absolute atomic E-state index is 5.31. The lowest BCUT2D eigenvalue weighted by molar-refractivity contribution is -0.0102. The first kappa shape index (κ1) is 10.9. The van der Waals surface area contributed by atoms with Gasteiger partial charge in [0, 0.05) is 14.2 Å². The molecule has 0 aromatic heterocycles. The van der Waals surface area contributed by atoms with Crippen molar-refractivity contribution in [3.8, 4) is 0 Å². The van der Waals surface area contributed by atoms with E-state index in [-0.39, 0.29) is 6.10 Å². The molecular weight excluding hydrogens is 140 g/mol. The Morgan fingerprint density at radius 2 is 1.64 bits per heavy atom. The van der Waals surface area contributed by atoms with Gasteiger partial charge in [-0.25, -0.2) is 0 Å². The molecule has 0 amide bonds. The molecule has 0 aromatic rings. The van der Waals surface area contributed by atoms with Crippen LogP contribution in [-0.4, -0.2) is 26.9 Å². The Balaban J connectivity index is 3.76. The summed E-state index contributed by atoms with van der Waals surface area (Å²) < 4.78 is 10.4. The lowest BCUT2D eigenvalue weighted by Crippen LogP contribution is -2.26. The molecule has 0 aliphatic heterocycles. The summed E-state index contributed by atoms with van der Waals surface area (Å²) in [7, 11) is 3.47. The normalized spacial score (nSPS) is 13.9. The van der Waals surface area contributed by atoms with E-state index in [9.17, 15) is 0 Å². The number of methoxy groups -OCH3 is 2. The van der Waals surface area contributed by atoms with E-state index in [1.165, 1.54) is 12.8 Å². The first-order valence-corrected chi connectivity index (χ1v) is 4.31. The molecule has 1 unspecified atom stereocenters. The summed E-state index contributed by atoms with van der Waals surface area (Å²) in [5.74, 6) is 0.639. The van der Waals surface area contributed by atoms with Crippen LogP contribution in [0.5, 0.6) is 0 Å². The zero-order chi connectivity index (χ0) is 8.69. The topological polar surface area (TPSA) is 18.5 Å². The Kier molecular flexibility index (Phi) is 6.57. The highest BCUT2D eigenvalue weighted by Gasteiger charge is 2.16. The Bertz CT molecular complexity index is 79.6. The van der Waals surface area contributed by atoms with Gasteiger partial charge in [0.05, 0.1) is 12.7 Å². The van der Waals surface area contributed by atoms with Crippen molar-refractivity contribution < 1.29 is 9.47 Å². The zero-order valence-corrected chi connectivity index (χ0v) is 8.09. The van der Waals surface area contributed by atoms with Crippen LogP contribution in [0.4, 0.5) is 0 Å². The second kappa shape index (κ2) is 6.62. The van der Waals surface area contributed by atoms with Crippen molar-refractivity contribution in [2.75, 3.05) is 20.8 Å². The molecule has 2 heteroatoms. The lowest BCUT2D eigenvalue weighted by atomic mass is 9.97. The Morgan fingerprint density at radius 3 is 1.91 bits per heavy atom. The van der Waals surface area contributed by atoms with E-state index >= 15 is 0 Å². The van der Waals surface area contributed by atoms with E-state index in [1.807, 2.05) is 0 Å². The van der Waals surface area contributed by atoms with Crippen LogP contribution in [0.1, 0.15) is 26.7 Å². The summed E-state index contributed by atoms with van der Waals surface area (Å²) in [6.45, 7) is 5.09. The molecule has 2 nitrogen and oxygen atoms in total. The highest BCUT2D eigenvalue weighted by Crippen LogP contribution is 2.15. The van der Waals surface area contributed by atoms with Gasteiger partial charge in [-0.05, 0) is 5.92 Å². The summed E-state index contributed by atoms with van der Waals surface area (Å²) in [6, 6.07) is 0. The van der Waals surface area contributed by atoms with E-state index in [2.05, 4.69) is 13.8 Å². The molecule has 0 aromatic carbocycles. The average Bonchev–Trinajstić information content (AvgIpc) is 2.05. The third-order valence-electron chi connectivity index (χ3n) is 2.21. The largest absolute Gasteiger partial charge is 0.382 e. The quantitative estimate of drug-likeness (QED) is 0.592. The summed E-state index contributed by atoms with van der Waals surface area (Å²) in [4.78, 5) is 0. The van der Waals surface area contributed by atoms with Gasteiger partial charge in [0.25, 0.3) is 0 Å². The van der Waals surface area contributed by atoms with Gasteiger partial charge in [-0.2, -0.15) is 0 Å². The molecular formula is C9H20O2. The monoisotopic (exact) mass is 160 g/mol. The van der Waals surface area contributed by atoms with E-state index in [0.717, 1.165) is 0 Å². The highest BCUT2D eigenvalue weighted by molar-refractivity contribution is 4.66.